The van der Waals surface area contributed by atoms with Crippen LogP contribution in [0, 0.1) is 10.1 Å². The van der Waals surface area contributed by atoms with Crippen LogP contribution >= 0.6 is 11.3 Å². The Morgan fingerprint density at radius 2 is 2.20 bits per heavy atom. The number of oxazole rings is 1. The molecule has 0 aliphatic rings. The molecule has 0 saturated heterocycles. The van der Waals surface area contributed by atoms with E-state index in [0.29, 0.717) is 17.6 Å². The van der Waals surface area contributed by atoms with Crippen molar-refractivity contribution in [3.05, 3.63) is 55.9 Å². The Bertz CT molecular complexity index is 832. The number of thiophene rings is 1. The van der Waals surface area contributed by atoms with Gasteiger partial charge in [-0.1, -0.05) is 11.3 Å². The van der Waals surface area contributed by atoms with Crippen LogP contribution in [0.1, 0.15) is 4.88 Å². The molecule has 8 heteroatoms. The van der Waals surface area contributed by atoms with E-state index < -0.39 is 10.7 Å². The van der Waals surface area contributed by atoms with Crippen molar-refractivity contribution in [3.8, 4) is 0 Å². The van der Waals surface area contributed by atoms with Crippen molar-refractivity contribution in [1.29, 1.82) is 0 Å². The Labute approximate surface area is 116 Å². The summed E-state index contributed by atoms with van der Waals surface area (Å²) in [5.41, 5.74) is 1.90. The fraction of sp³-hybridized carbons (Fsp3) is 0.0833. The predicted octanol–water partition coefficient (Wildman–Crippen LogP) is 2.70. The first kappa shape index (κ1) is 12.4. The minimum Gasteiger partial charge on any atom is -0.408 e. The zero-order chi connectivity index (χ0) is 14.1. The molecule has 3 rings (SSSR count). The first-order valence-electron chi connectivity index (χ1n) is 5.72. The van der Waals surface area contributed by atoms with E-state index in [-0.39, 0.29) is 5.00 Å². The third kappa shape index (κ3) is 2.41. The summed E-state index contributed by atoms with van der Waals surface area (Å²) in [6.07, 6.45) is 0. The van der Waals surface area contributed by atoms with Gasteiger partial charge >= 0.3 is 10.8 Å². The van der Waals surface area contributed by atoms with Gasteiger partial charge in [-0.2, -0.15) is 0 Å². The third-order valence-electron chi connectivity index (χ3n) is 2.71. The van der Waals surface area contributed by atoms with Crippen LogP contribution in [0.5, 0.6) is 0 Å². The number of hydrogen-bond acceptors (Lipinski definition) is 6. The van der Waals surface area contributed by atoms with Gasteiger partial charge in [-0.15, -0.1) is 0 Å². The largest absolute Gasteiger partial charge is 0.417 e. The summed E-state index contributed by atoms with van der Waals surface area (Å²) in [7, 11) is 0. The second-order valence-electron chi connectivity index (χ2n) is 4.08. The van der Waals surface area contributed by atoms with Gasteiger partial charge in [0.15, 0.2) is 5.58 Å². The Balaban J connectivity index is 1.75. The number of benzene rings is 1. The quantitative estimate of drug-likeness (QED) is 0.568. The molecule has 0 amide bonds. The van der Waals surface area contributed by atoms with Gasteiger partial charge in [0, 0.05) is 23.2 Å². The summed E-state index contributed by atoms with van der Waals surface area (Å²) >= 11 is 1.13. The fourth-order valence-corrected chi connectivity index (χ4v) is 2.57. The lowest BCUT2D eigenvalue weighted by Crippen LogP contribution is -1.97. The number of rotatable bonds is 4. The van der Waals surface area contributed by atoms with Gasteiger partial charge in [-0.25, -0.2) is 4.79 Å². The van der Waals surface area contributed by atoms with Crippen LogP contribution in [0.2, 0.25) is 0 Å². The van der Waals surface area contributed by atoms with Gasteiger partial charge in [-0.3, -0.25) is 15.1 Å². The molecule has 3 aromatic rings. The molecule has 0 fully saturated rings. The number of hydrogen-bond donors (Lipinski definition) is 2. The van der Waals surface area contributed by atoms with Gasteiger partial charge in [0.2, 0.25) is 0 Å². The van der Waals surface area contributed by atoms with E-state index in [0.717, 1.165) is 21.9 Å². The lowest BCUT2D eigenvalue weighted by Gasteiger charge is -2.03. The molecule has 2 aromatic heterocycles. The third-order valence-corrected chi connectivity index (χ3v) is 3.75. The molecule has 2 N–H and O–H groups in total. The molecule has 2 heterocycles. The molecule has 7 nitrogen and oxygen atoms in total. The molecule has 20 heavy (non-hydrogen) atoms. The van der Waals surface area contributed by atoms with Crippen molar-refractivity contribution in [3.63, 3.8) is 0 Å². The number of aromatic amines is 1. The van der Waals surface area contributed by atoms with Gasteiger partial charge in [-0.05, 0) is 24.3 Å². The average Bonchev–Trinajstić information content (AvgIpc) is 3.00. The highest BCUT2D eigenvalue weighted by Crippen LogP contribution is 2.25. The van der Waals surface area contributed by atoms with E-state index in [1.54, 1.807) is 24.3 Å². The molecule has 102 valence electrons. The maximum absolute atomic E-state index is 11.0. The zero-order valence-electron chi connectivity index (χ0n) is 10.1. The summed E-state index contributed by atoms with van der Waals surface area (Å²) in [4.78, 5) is 24.6. The second-order valence-corrected chi connectivity index (χ2v) is 5.22. The summed E-state index contributed by atoms with van der Waals surface area (Å²) in [6, 6.07) is 8.42. The maximum Gasteiger partial charge on any atom is 0.417 e. The Hall–Kier alpha value is -2.61. The number of nitrogens with one attached hydrogen (secondary N) is 2. The van der Waals surface area contributed by atoms with Crippen LogP contribution < -0.4 is 11.1 Å². The maximum atomic E-state index is 11.0. The highest BCUT2D eigenvalue weighted by molar-refractivity contribution is 7.15. The highest BCUT2D eigenvalue weighted by Gasteiger charge is 2.09. The highest BCUT2D eigenvalue weighted by atomic mass is 32.1. The summed E-state index contributed by atoms with van der Waals surface area (Å²) in [6.45, 7) is 0.478. The van der Waals surface area contributed by atoms with E-state index in [9.17, 15) is 14.9 Å². The topological polar surface area (TPSA) is 101 Å². The first-order valence-corrected chi connectivity index (χ1v) is 6.53. The van der Waals surface area contributed by atoms with Crippen LogP contribution in [0.3, 0.4) is 0 Å². The number of nitro groups is 1. The summed E-state index contributed by atoms with van der Waals surface area (Å²) in [5, 5.41) is 13.8. The van der Waals surface area contributed by atoms with Crippen molar-refractivity contribution in [2.75, 3.05) is 5.32 Å². The molecular weight excluding hydrogens is 282 g/mol. The van der Waals surface area contributed by atoms with Gasteiger partial charge in [0.1, 0.15) is 0 Å². The fourth-order valence-electron chi connectivity index (χ4n) is 1.81. The molecule has 0 aliphatic heterocycles. The summed E-state index contributed by atoms with van der Waals surface area (Å²) < 4.78 is 4.90. The minimum atomic E-state index is -0.494. The average molecular weight is 291 g/mol. The van der Waals surface area contributed by atoms with Crippen molar-refractivity contribution in [1.82, 2.24) is 4.98 Å². The van der Waals surface area contributed by atoms with E-state index in [2.05, 4.69) is 10.3 Å². The van der Waals surface area contributed by atoms with Gasteiger partial charge in [0.25, 0.3) is 0 Å². The molecule has 0 unspecified atom stereocenters. The van der Waals surface area contributed by atoms with Crippen molar-refractivity contribution >= 4 is 33.1 Å². The van der Waals surface area contributed by atoms with E-state index in [4.69, 9.17) is 4.42 Å². The SMILES string of the molecule is O=c1[nH]c2cc(NCc3ccc([N+](=O)[O-])s3)ccc2o1. The molecule has 1 aromatic carbocycles. The normalized spacial score (nSPS) is 10.8. The minimum absolute atomic E-state index is 0.122. The van der Waals surface area contributed by atoms with Crippen molar-refractivity contribution < 1.29 is 9.34 Å². The smallest absolute Gasteiger partial charge is 0.408 e. The van der Waals surface area contributed by atoms with Crippen LogP contribution in [0.4, 0.5) is 10.7 Å². The van der Waals surface area contributed by atoms with E-state index in [1.165, 1.54) is 6.07 Å². The van der Waals surface area contributed by atoms with Crippen LogP contribution in [-0.2, 0) is 6.54 Å². The number of nitrogens with zero attached hydrogens (tertiary/aromatic N) is 1. The molecule has 0 spiro atoms. The Morgan fingerprint density at radius 3 is 2.95 bits per heavy atom. The molecule has 0 aliphatic carbocycles. The van der Waals surface area contributed by atoms with E-state index in [1.807, 2.05) is 0 Å². The predicted molar refractivity (Wildman–Crippen MR) is 75.1 cm³/mol. The van der Waals surface area contributed by atoms with Gasteiger partial charge < -0.3 is 9.73 Å². The lowest BCUT2D eigenvalue weighted by molar-refractivity contribution is -0.380. The zero-order valence-corrected chi connectivity index (χ0v) is 10.9. The standard InChI is InChI=1S/C12H9N3O4S/c16-12-14-9-5-7(1-3-10(9)19-12)13-6-8-2-4-11(20-8)15(17)18/h1-5,13H,6H2,(H,14,16). The number of fused-ring (bicyclic) bond motifs is 1. The van der Waals surface area contributed by atoms with Crippen LogP contribution in [0.25, 0.3) is 11.1 Å². The lowest BCUT2D eigenvalue weighted by atomic mass is 10.3. The van der Waals surface area contributed by atoms with Gasteiger partial charge in [0.05, 0.1) is 10.4 Å². The molecule has 0 bridgehead atoms. The van der Waals surface area contributed by atoms with Crippen molar-refractivity contribution in [2.45, 2.75) is 6.54 Å². The summed E-state index contributed by atoms with van der Waals surface area (Å²) in [5.74, 6) is -0.494. The number of aromatic nitrogens is 1. The van der Waals surface area contributed by atoms with E-state index >= 15 is 0 Å². The van der Waals surface area contributed by atoms with Crippen molar-refractivity contribution in [2.24, 2.45) is 0 Å². The number of H-pyrrole nitrogens is 1. The Morgan fingerprint density at radius 1 is 1.35 bits per heavy atom. The van der Waals surface area contributed by atoms with Crippen LogP contribution in [0.15, 0.2) is 39.5 Å². The monoisotopic (exact) mass is 291 g/mol. The van der Waals surface area contributed by atoms with Crippen LogP contribution in [-0.4, -0.2) is 9.91 Å². The molecule has 0 radical (unpaired) electrons. The molecule has 0 atom stereocenters. The number of anilines is 1. The Kier molecular flexibility index (Phi) is 2.99. The second kappa shape index (κ2) is 4.82. The first-order chi connectivity index (χ1) is 9.61. The molecule has 0 saturated carbocycles. The molecular formula is C12H9N3O4S.